The number of rotatable bonds is 2. The lowest BCUT2D eigenvalue weighted by molar-refractivity contribution is 0.153. The van der Waals surface area contributed by atoms with E-state index in [2.05, 4.69) is 10.6 Å². The van der Waals surface area contributed by atoms with Crippen molar-refractivity contribution >= 4 is 6.09 Å². The molecule has 1 radical (unpaired) electrons. The molecule has 11 heavy (non-hydrogen) atoms. The van der Waals surface area contributed by atoms with Crippen molar-refractivity contribution in [1.82, 2.24) is 10.6 Å². The SMILES string of the molecule is CCOC(=O)N[C]1CCNC1. The molecule has 1 aliphatic rings. The van der Waals surface area contributed by atoms with Gasteiger partial charge in [0.2, 0.25) is 0 Å². The highest BCUT2D eigenvalue weighted by molar-refractivity contribution is 5.68. The molecule has 0 unspecified atom stereocenters. The molecule has 0 bridgehead atoms. The largest absolute Gasteiger partial charge is 0.450 e. The standard InChI is InChI=1S/C7H13N2O2/c1-2-11-7(10)9-6-3-4-8-5-6/h8H,2-5H2,1H3,(H,9,10). The molecule has 0 spiro atoms. The first-order chi connectivity index (χ1) is 5.33. The zero-order chi connectivity index (χ0) is 8.10. The Hall–Kier alpha value is -0.770. The lowest BCUT2D eigenvalue weighted by Gasteiger charge is -2.08. The summed E-state index contributed by atoms with van der Waals surface area (Å²) in [5.41, 5.74) is 0. The van der Waals surface area contributed by atoms with Crippen molar-refractivity contribution in [2.24, 2.45) is 0 Å². The van der Waals surface area contributed by atoms with Crippen molar-refractivity contribution in [3.8, 4) is 0 Å². The molecule has 1 fully saturated rings. The van der Waals surface area contributed by atoms with Gasteiger partial charge in [0.15, 0.2) is 0 Å². The molecule has 4 nitrogen and oxygen atoms in total. The molecule has 63 valence electrons. The van der Waals surface area contributed by atoms with Crippen LogP contribution >= 0.6 is 0 Å². The summed E-state index contributed by atoms with van der Waals surface area (Å²) in [6.45, 7) is 3.93. The summed E-state index contributed by atoms with van der Waals surface area (Å²) in [4.78, 5) is 10.8. The molecule has 0 atom stereocenters. The summed E-state index contributed by atoms with van der Waals surface area (Å²) in [6.07, 6.45) is 0.574. The molecule has 1 heterocycles. The maximum Gasteiger partial charge on any atom is 0.407 e. The second kappa shape index (κ2) is 4.18. The first kappa shape index (κ1) is 8.33. The highest BCUT2D eigenvalue weighted by Crippen LogP contribution is 2.05. The zero-order valence-corrected chi connectivity index (χ0v) is 6.64. The number of carbonyl (C=O) groups is 1. The third-order valence-corrected chi connectivity index (χ3v) is 1.50. The number of ether oxygens (including phenoxy) is 1. The van der Waals surface area contributed by atoms with Crippen LogP contribution in [0.4, 0.5) is 4.79 Å². The fraction of sp³-hybridized carbons (Fsp3) is 0.714. The third-order valence-electron chi connectivity index (χ3n) is 1.50. The number of carbonyl (C=O) groups excluding carboxylic acids is 1. The molecule has 1 aliphatic heterocycles. The van der Waals surface area contributed by atoms with Crippen LogP contribution in [-0.2, 0) is 4.74 Å². The average molecular weight is 157 g/mol. The molecule has 1 saturated heterocycles. The summed E-state index contributed by atoms with van der Waals surface area (Å²) in [7, 11) is 0. The molecule has 0 saturated carbocycles. The number of amides is 1. The van der Waals surface area contributed by atoms with Crippen molar-refractivity contribution in [3.63, 3.8) is 0 Å². The normalized spacial score (nSPS) is 18.3. The van der Waals surface area contributed by atoms with Crippen LogP contribution < -0.4 is 10.6 Å². The smallest absolute Gasteiger partial charge is 0.407 e. The summed E-state index contributed by atoms with van der Waals surface area (Å²) in [5, 5.41) is 5.79. The van der Waals surface area contributed by atoms with Crippen molar-refractivity contribution in [3.05, 3.63) is 6.04 Å². The number of alkyl carbamates (subject to hydrolysis) is 1. The van der Waals surface area contributed by atoms with Crippen LogP contribution in [0.3, 0.4) is 0 Å². The molecule has 1 rings (SSSR count). The van der Waals surface area contributed by atoms with Gasteiger partial charge in [-0.25, -0.2) is 4.79 Å². The van der Waals surface area contributed by atoms with E-state index in [0.717, 1.165) is 25.6 Å². The highest BCUT2D eigenvalue weighted by atomic mass is 16.5. The van der Waals surface area contributed by atoms with Crippen molar-refractivity contribution in [1.29, 1.82) is 0 Å². The fourth-order valence-corrected chi connectivity index (χ4v) is 0.985. The molecular formula is C7H13N2O2. The van der Waals surface area contributed by atoms with Crippen LogP contribution in [0.2, 0.25) is 0 Å². The summed E-state index contributed by atoms with van der Waals surface area (Å²) >= 11 is 0. The molecular weight excluding hydrogens is 144 g/mol. The Morgan fingerprint density at radius 2 is 2.64 bits per heavy atom. The van der Waals surface area contributed by atoms with E-state index in [9.17, 15) is 4.79 Å². The van der Waals surface area contributed by atoms with Gasteiger partial charge in [0.25, 0.3) is 0 Å². The topological polar surface area (TPSA) is 50.4 Å². The van der Waals surface area contributed by atoms with Crippen molar-refractivity contribution in [2.75, 3.05) is 19.7 Å². The lowest BCUT2D eigenvalue weighted by Crippen LogP contribution is -2.30. The molecule has 1 amide bonds. The van der Waals surface area contributed by atoms with Gasteiger partial charge >= 0.3 is 6.09 Å². The molecule has 4 heteroatoms. The van der Waals surface area contributed by atoms with Crippen LogP contribution in [0.1, 0.15) is 13.3 Å². The lowest BCUT2D eigenvalue weighted by atomic mass is 10.3. The van der Waals surface area contributed by atoms with E-state index in [0.29, 0.717) is 6.61 Å². The van der Waals surface area contributed by atoms with E-state index in [1.807, 2.05) is 0 Å². The Kier molecular flexibility index (Phi) is 3.16. The summed E-state index contributed by atoms with van der Waals surface area (Å²) in [6, 6.07) is 1.02. The summed E-state index contributed by atoms with van der Waals surface area (Å²) in [5.74, 6) is 0. The Morgan fingerprint density at radius 1 is 1.82 bits per heavy atom. The van der Waals surface area contributed by atoms with E-state index in [-0.39, 0.29) is 6.09 Å². The fourth-order valence-electron chi connectivity index (χ4n) is 0.985. The van der Waals surface area contributed by atoms with Gasteiger partial charge in [-0.15, -0.1) is 0 Å². The predicted molar refractivity (Wildman–Crippen MR) is 40.9 cm³/mol. The van der Waals surface area contributed by atoms with Gasteiger partial charge in [-0.2, -0.15) is 0 Å². The first-order valence-electron chi connectivity index (χ1n) is 3.82. The Bertz CT molecular complexity index is 132. The molecule has 2 N–H and O–H groups in total. The Labute approximate surface area is 66.3 Å². The van der Waals surface area contributed by atoms with E-state index in [1.165, 1.54) is 0 Å². The van der Waals surface area contributed by atoms with E-state index < -0.39 is 0 Å². The van der Waals surface area contributed by atoms with Crippen molar-refractivity contribution < 1.29 is 9.53 Å². The molecule has 0 aromatic carbocycles. The maximum absolute atomic E-state index is 10.8. The number of hydrogen-bond donors (Lipinski definition) is 2. The van der Waals surface area contributed by atoms with Crippen LogP contribution in [0.25, 0.3) is 0 Å². The second-order valence-electron chi connectivity index (χ2n) is 2.38. The predicted octanol–water partition coefficient (Wildman–Crippen LogP) is 0.258. The Morgan fingerprint density at radius 3 is 3.18 bits per heavy atom. The molecule has 0 aliphatic carbocycles. The number of hydrogen-bond acceptors (Lipinski definition) is 3. The van der Waals surface area contributed by atoms with Crippen LogP contribution in [0.15, 0.2) is 0 Å². The second-order valence-corrected chi connectivity index (χ2v) is 2.38. The first-order valence-corrected chi connectivity index (χ1v) is 3.82. The third kappa shape index (κ3) is 2.76. The highest BCUT2D eigenvalue weighted by Gasteiger charge is 2.17. The van der Waals surface area contributed by atoms with Crippen molar-refractivity contribution in [2.45, 2.75) is 13.3 Å². The summed E-state index contributed by atoms with van der Waals surface area (Å²) < 4.78 is 4.71. The van der Waals surface area contributed by atoms with Crippen LogP contribution in [0, 0.1) is 6.04 Å². The number of nitrogens with one attached hydrogen (secondary N) is 2. The molecule has 0 aromatic heterocycles. The van der Waals surface area contributed by atoms with Gasteiger partial charge in [-0.3, -0.25) is 0 Å². The van der Waals surface area contributed by atoms with Gasteiger partial charge in [-0.05, 0) is 19.9 Å². The zero-order valence-electron chi connectivity index (χ0n) is 6.64. The van der Waals surface area contributed by atoms with E-state index in [1.54, 1.807) is 6.92 Å². The molecule has 0 aromatic rings. The van der Waals surface area contributed by atoms with E-state index in [4.69, 9.17) is 4.74 Å². The minimum atomic E-state index is -0.341. The van der Waals surface area contributed by atoms with Gasteiger partial charge in [-0.1, -0.05) is 0 Å². The van der Waals surface area contributed by atoms with Gasteiger partial charge < -0.3 is 15.4 Å². The average Bonchev–Trinajstić information content (AvgIpc) is 2.40. The Balaban J connectivity index is 2.13. The van der Waals surface area contributed by atoms with Gasteiger partial charge in [0.1, 0.15) is 0 Å². The minimum Gasteiger partial charge on any atom is -0.450 e. The quantitative estimate of drug-likeness (QED) is 0.604. The van der Waals surface area contributed by atoms with Gasteiger partial charge in [0, 0.05) is 6.54 Å². The monoisotopic (exact) mass is 157 g/mol. The van der Waals surface area contributed by atoms with Crippen LogP contribution in [0.5, 0.6) is 0 Å². The van der Waals surface area contributed by atoms with Gasteiger partial charge in [0.05, 0.1) is 12.6 Å². The van der Waals surface area contributed by atoms with Crippen LogP contribution in [-0.4, -0.2) is 25.8 Å². The minimum absolute atomic E-state index is 0.341. The maximum atomic E-state index is 10.8. The van der Waals surface area contributed by atoms with E-state index >= 15 is 0 Å².